The van der Waals surface area contributed by atoms with E-state index >= 15 is 0 Å². The maximum Gasteiger partial charge on any atom is 0.164 e. The van der Waals surface area contributed by atoms with E-state index in [2.05, 4.69) is 49.9 Å². The molecule has 0 unspecified atom stereocenters. The van der Waals surface area contributed by atoms with Crippen LogP contribution >= 0.6 is 11.3 Å². The lowest BCUT2D eigenvalue weighted by molar-refractivity contribution is 1.07. The van der Waals surface area contributed by atoms with Gasteiger partial charge in [-0.2, -0.15) is 0 Å². The van der Waals surface area contributed by atoms with Gasteiger partial charge in [0.2, 0.25) is 0 Å². The van der Waals surface area contributed by atoms with Crippen molar-refractivity contribution in [3.63, 3.8) is 0 Å². The molecule has 0 aliphatic heterocycles. The Morgan fingerprint density at radius 3 is 1.84 bits per heavy atom. The van der Waals surface area contributed by atoms with E-state index in [1.807, 2.05) is 48.5 Å². The van der Waals surface area contributed by atoms with Crippen molar-refractivity contribution >= 4 is 53.3 Å². The van der Waals surface area contributed by atoms with Gasteiger partial charge in [0.25, 0.3) is 0 Å². The summed E-state index contributed by atoms with van der Waals surface area (Å²) >= 11 is 1.74. The Morgan fingerprint density at radius 2 is 1.11 bits per heavy atom. The lowest BCUT2D eigenvalue weighted by Crippen LogP contribution is -2.01. The van der Waals surface area contributed by atoms with Gasteiger partial charge in [0.1, 0.15) is 0 Å². The van der Waals surface area contributed by atoms with Crippen LogP contribution < -0.4 is 0 Å². The molecular weight excluding hydrogens is 557 g/mol. The molecule has 9 rings (SSSR count). The van der Waals surface area contributed by atoms with E-state index in [1.54, 1.807) is 17.4 Å². The second kappa shape index (κ2) is 9.97. The minimum Gasteiger partial charge on any atom is -0.309 e. The summed E-state index contributed by atoms with van der Waals surface area (Å²) in [4.78, 5) is 13.6. The zero-order valence-corrected chi connectivity index (χ0v) is 23.6. The zero-order chi connectivity index (χ0) is 37.7. The van der Waals surface area contributed by atoms with Gasteiger partial charge in [0, 0.05) is 53.3 Å². The van der Waals surface area contributed by atoms with Crippen LogP contribution in [0.25, 0.3) is 81.8 Å². The van der Waals surface area contributed by atoms with Crippen LogP contribution in [0.2, 0.25) is 0 Å². The van der Waals surface area contributed by atoms with E-state index < -0.39 is 60.4 Å². The van der Waals surface area contributed by atoms with Crippen molar-refractivity contribution in [3.05, 3.63) is 145 Å². The molecule has 3 aromatic heterocycles. The highest BCUT2D eigenvalue weighted by Gasteiger charge is 2.17. The topological polar surface area (TPSA) is 43.6 Å². The van der Waals surface area contributed by atoms with Crippen molar-refractivity contribution in [2.24, 2.45) is 0 Å². The molecule has 0 radical (unpaired) electrons. The Hall–Kier alpha value is -5.65. The van der Waals surface area contributed by atoms with Crippen molar-refractivity contribution in [1.29, 1.82) is 0 Å². The minimum atomic E-state index is -0.599. The number of thiophene rings is 1. The molecule has 0 atom stereocenters. The van der Waals surface area contributed by atoms with E-state index in [9.17, 15) is 0 Å². The van der Waals surface area contributed by atoms with Gasteiger partial charge in [-0.15, -0.1) is 11.3 Å². The molecule has 6 aromatic carbocycles. The SMILES string of the molecule is [2H]c1c([2H])c([2H])c(-c2nc(-c3cccc(-n4c5ccccc5c5cc6sc7ccccc7c6cc54)c3)nc(-c3c([2H])c([2H])c([2H])c([2H])c3[2H])n2)c([2H])c1[2H]. The number of hydrogen-bond donors (Lipinski definition) is 0. The van der Waals surface area contributed by atoms with Crippen LogP contribution in [0.3, 0.4) is 0 Å². The first-order valence-electron chi connectivity index (χ1n) is 18.8. The third kappa shape index (κ3) is 4.02. The maximum atomic E-state index is 8.65. The Kier molecular flexibility index (Phi) is 3.82. The maximum absolute atomic E-state index is 8.65. The van der Waals surface area contributed by atoms with E-state index in [-0.39, 0.29) is 28.6 Å². The third-order valence-electron chi connectivity index (χ3n) is 7.62. The van der Waals surface area contributed by atoms with Crippen LogP contribution in [-0.2, 0) is 0 Å². The highest BCUT2D eigenvalue weighted by molar-refractivity contribution is 7.25. The van der Waals surface area contributed by atoms with Crippen LogP contribution in [0.5, 0.6) is 0 Å². The standard InChI is InChI=1S/C39H24N4S/c1-3-12-25(13-4-1)37-40-38(26-14-5-2-6-15-26)42-39(41-37)27-16-11-17-28(22-27)43-33-20-9-7-18-29(33)31-24-36-32(23-34(31)43)30-19-8-10-21-35(30)44-36/h1-24H/i1D,2D,3D,4D,5D,6D,12D,13D,14D,15D. The van der Waals surface area contributed by atoms with Gasteiger partial charge in [-0.25, -0.2) is 15.0 Å². The summed E-state index contributed by atoms with van der Waals surface area (Å²) in [5, 5.41) is 4.43. The van der Waals surface area contributed by atoms with Gasteiger partial charge in [0.05, 0.1) is 24.7 Å². The normalized spacial score (nSPS) is 14.8. The van der Waals surface area contributed by atoms with Crippen LogP contribution in [0.4, 0.5) is 0 Å². The molecule has 0 aliphatic carbocycles. The summed E-state index contributed by atoms with van der Waals surface area (Å²) in [5.41, 5.74) is 2.51. The molecule has 0 saturated heterocycles. The molecule has 0 amide bonds. The molecule has 0 saturated carbocycles. The van der Waals surface area contributed by atoms with Gasteiger partial charge in [0.15, 0.2) is 17.5 Å². The lowest BCUT2D eigenvalue weighted by atomic mass is 10.1. The predicted molar refractivity (Wildman–Crippen MR) is 183 cm³/mol. The van der Waals surface area contributed by atoms with E-state index in [4.69, 9.17) is 13.7 Å². The van der Waals surface area contributed by atoms with Crippen LogP contribution in [0.1, 0.15) is 13.7 Å². The monoisotopic (exact) mass is 590 g/mol. The summed E-state index contributed by atoms with van der Waals surface area (Å²) in [6, 6.07) is 22.4. The van der Waals surface area contributed by atoms with Crippen molar-refractivity contribution in [2.75, 3.05) is 0 Å². The number of hydrogen-bond acceptors (Lipinski definition) is 4. The molecule has 0 N–H and O–H groups in total. The molecule has 44 heavy (non-hydrogen) atoms. The molecule has 206 valence electrons. The first-order chi connectivity index (χ1) is 25.9. The third-order valence-corrected chi connectivity index (χ3v) is 8.75. The molecular formula is C39H24N4S. The fourth-order valence-electron chi connectivity index (χ4n) is 5.70. The Labute approximate surface area is 271 Å². The van der Waals surface area contributed by atoms with Crippen LogP contribution in [0.15, 0.2) is 145 Å². The number of nitrogens with zero attached hydrogens (tertiary/aromatic N) is 4. The first kappa shape index (κ1) is 16.8. The summed E-state index contributed by atoms with van der Waals surface area (Å²) < 4.78 is 88.4. The Morgan fingerprint density at radius 1 is 0.477 bits per heavy atom. The fraction of sp³-hybridized carbons (Fsp3) is 0. The number of fused-ring (bicyclic) bond motifs is 6. The summed E-state index contributed by atoms with van der Waals surface area (Å²) in [6.45, 7) is 0. The molecule has 0 fully saturated rings. The molecule has 3 heterocycles. The Balaban J connectivity index is 1.32. The van der Waals surface area contributed by atoms with Crippen molar-refractivity contribution in [1.82, 2.24) is 19.5 Å². The highest BCUT2D eigenvalue weighted by Crippen LogP contribution is 2.40. The molecule has 4 nitrogen and oxygen atoms in total. The van der Waals surface area contributed by atoms with Crippen LogP contribution in [-0.4, -0.2) is 19.5 Å². The predicted octanol–water partition coefficient (Wildman–Crippen LogP) is 10.3. The van der Waals surface area contributed by atoms with Crippen molar-refractivity contribution in [2.45, 2.75) is 0 Å². The average Bonchev–Trinajstić information content (AvgIpc) is 3.71. The smallest absolute Gasteiger partial charge is 0.164 e. The van der Waals surface area contributed by atoms with Gasteiger partial charge < -0.3 is 4.57 Å². The average molecular weight is 591 g/mol. The molecule has 0 bridgehead atoms. The number of benzene rings is 6. The molecule has 9 aromatic rings. The summed E-state index contributed by atoms with van der Waals surface area (Å²) in [5.74, 6) is -0.622. The lowest BCUT2D eigenvalue weighted by Gasteiger charge is -2.11. The van der Waals surface area contributed by atoms with Crippen LogP contribution in [0, 0.1) is 0 Å². The second-order valence-electron chi connectivity index (χ2n) is 10.2. The quantitative estimate of drug-likeness (QED) is 0.205. The van der Waals surface area contributed by atoms with E-state index in [1.165, 1.54) is 9.40 Å². The number of aromatic nitrogens is 4. The summed E-state index contributed by atoms with van der Waals surface area (Å²) in [7, 11) is 0. The van der Waals surface area contributed by atoms with E-state index in [0.717, 1.165) is 38.3 Å². The summed E-state index contributed by atoms with van der Waals surface area (Å²) in [6.07, 6.45) is 0. The second-order valence-corrected chi connectivity index (χ2v) is 11.3. The largest absolute Gasteiger partial charge is 0.309 e. The van der Waals surface area contributed by atoms with Gasteiger partial charge in [-0.05, 0) is 36.4 Å². The van der Waals surface area contributed by atoms with E-state index in [0.29, 0.717) is 5.56 Å². The highest BCUT2D eigenvalue weighted by atomic mass is 32.1. The first-order valence-corrected chi connectivity index (χ1v) is 14.6. The van der Waals surface area contributed by atoms with Gasteiger partial charge in [-0.3, -0.25) is 0 Å². The number of para-hydroxylation sites is 1. The fourth-order valence-corrected chi connectivity index (χ4v) is 6.83. The number of rotatable bonds is 4. The Bertz CT molecular complexity index is 2940. The van der Waals surface area contributed by atoms with Crippen molar-refractivity contribution in [3.8, 4) is 39.9 Å². The van der Waals surface area contributed by atoms with Gasteiger partial charge >= 0.3 is 0 Å². The minimum absolute atomic E-state index is 0.00228. The molecule has 5 heteroatoms. The van der Waals surface area contributed by atoms with Gasteiger partial charge in [-0.1, -0.05) is 109 Å². The molecule has 0 aliphatic rings. The van der Waals surface area contributed by atoms with Crippen molar-refractivity contribution < 1.29 is 13.7 Å². The zero-order valence-electron chi connectivity index (χ0n) is 32.8. The molecule has 0 spiro atoms.